The minimum absolute atomic E-state index is 0.267. The van der Waals surface area contributed by atoms with E-state index in [9.17, 15) is 4.79 Å². The normalized spacial score (nSPS) is 17.6. The zero-order chi connectivity index (χ0) is 21.0. The maximum atomic E-state index is 12.7. The summed E-state index contributed by atoms with van der Waals surface area (Å²) in [7, 11) is 0. The molecule has 4 heterocycles. The molecule has 0 atom stereocenters. The number of piperazine rings is 1. The fourth-order valence-electron chi connectivity index (χ4n) is 4.30. The molecule has 0 unspecified atom stereocenters. The standard InChI is InChI=1S/C22H28N8O/c31-21(16-9-10-18(24-15-16)29-13-11-23-12-14-29)27-22-26-20-8-4-7-19(30(20)28-22)25-17-5-2-1-3-6-17/h4,7-10,15,17,23,25H,1-3,5-6,11-14H2,(H,27,28,31). The molecule has 2 aliphatic rings. The third-order valence-corrected chi connectivity index (χ3v) is 5.99. The lowest BCUT2D eigenvalue weighted by molar-refractivity contribution is 0.102. The van der Waals surface area contributed by atoms with Gasteiger partial charge in [-0.05, 0) is 37.1 Å². The number of amides is 1. The first-order chi connectivity index (χ1) is 15.3. The van der Waals surface area contributed by atoms with Crippen LogP contribution in [0.1, 0.15) is 42.5 Å². The van der Waals surface area contributed by atoms with Crippen LogP contribution >= 0.6 is 0 Å². The fourth-order valence-corrected chi connectivity index (χ4v) is 4.30. The quantitative estimate of drug-likeness (QED) is 0.583. The largest absolute Gasteiger partial charge is 0.367 e. The Morgan fingerprint density at radius 2 is 1.90 bits per heavy atom. The number of carbonyl (C=O) groups excluding carboxylic acids is 1. The molecule has 3 N–H and O–H groups in total. The van der Waals surface area contributed by atoms with Crippen molar-refractivity contribution in [2.75, 3.05) is 41.7 Å². The number of fused-ring (bicyclic) bond motifs is 1. The summed E-state index contributed by atoms with van der Waals surface area (Å²) in [4.78, 5) is 23.8. The van der Waals surface area contributed by atoms with Crippen LogP contribution in [0.15, 0.2) is 36.5 Å². The molecule has 3 aromatic rings. The van der Waals surface area contributed by atoms with Gasteiger partial charge in [-0.3, -0.25) is 10.1 Å². The van der Waals surface area contributed by atoms with Crippen molar-refractivity contribution < 1.29 is 4.79 Å². The van der Waals surface area contributed by atoms with Crippen LogP contribution in [0.25, 0.3) is 5.65 Å². The molecule has 1 aliphatic carbocycles. The first-order valence-electron chi connectivity index (χ1n) is 11.1. The van der Waals surface area contributed by atoms with Gasteiger partial charge in [-0.2, -0.15) is 9.50 Å². The van der Waals surface area contributed by atoms with Gasteiger partial charge in [0.2, 0.25) is 5.95 Å². The van der Waals surface area contributed by atoms with Crippen molar-refractivity contribution in [2.45, 2.75) is 38.1 Å². The van der Waals surface area contributed by atoms with Gasteiger partial charge in [-0.1, -0.05) is 25.3 Å². The lowest BCUT2D eigenvalue weighted by atomic mass is 9.95. The molecule has 162 valence electrons. The Hall–Kier alpha value is -3.20. The highest BCUT2D eigenvalue weighted by molar-refractivity contribution is 6.03. The van der Waals surface area contributed by atoms with Gasteiger partial charge in [-0.25, -0.2) is 4.98 Å². The Labute approximate surface area is 181 Å². The topological polar surface area (TPSA) is 99.5 Å². The third kappa shape index (κ3) is 4.46. The van der Waals surface area contributed by atoms with Gasteiger partial charge in [-0.15, -0.1) is 5.10 Å². The van der Waals surface area contributed by atoms with E-state index >= 15 is 0 Å². The molecule has 1 amide bonds. The molecular weight excluding hydrogens is 392 g/mol. The van der Waals surface area contributed by atoms with E-state index in [1.165, 1.54) is 32.1 Å². The summed E-state index contributed by atoms with van der Waals surface area (Å²) >= 11 is 0. The molecular formula is C22H28N8O. The van der Waals surface area contributed by atoms with E-state index < -0.39 is 0 Å². The SMILES string of the molecule is O=C(Nc1nc2cccc(NC3CCCCC3)n2n1)c1ccc(N2CCNCC2)nc1. The minimum Gasteiger partial charge on any atom is -0.367 e. The van der Waals surface area contributed by atoms with Gasteiger partial charge in [0.15, 0.2) is 5.65 Å². The van der Waals surface area contributed by atoms with E-state index in [2.05, 4.69) is 35.9 Å². The highest BCUT2D eigenvalue weighted by atomic mass is 16.1. The molecule has 1 saturated heterocycles. The first-order valence-corrected chi connectivity index (χ1v) is 11.1. The van der Waals surface area contributed by atoms with Crippen LogP contribution < -0.4 is 20.9 Å². The molecule has 0 radical (unpaired) electrons. The summed E-state index contributed by atoms with van der Waals surface area (Å²) in [5.41, 5.74) is 1.18. The monoisotopic (exact) mass is 420 g/mol. The first kappa shape index (κ1) is 19.7. The zero-order valence-corrected chi connectivity index (χ0v) is 17.5. The van der Waals surface area contributed by atoms with E-state index in [4.69, 9.17) is 0 Å². The average molecular weight is 421 g/mol. The van der Waals surface area contributed by atoms with Gasteiger partial charge in [0.25, 0.3) is 5.91 Å². The summed E-state index contributed by atoms with van der Waals surface area (Å²) in [6.45, 7) is 3.73. The van der Waals surface area contributed by atoms with Crippen molar-refractivity contribution in [1.82, 2.24) is 24.9 Å². The number of nitrogens with zero attached hydrogens (tertiary/aromatic N) is 5. The Morgan fingerprint density at radius 3 is 2.68 bits per heavy atom. The van der Waals surface area contributed by atoms with E-state index in [0.29, 0.717) is 17.3 Å². The predicted octanol–water partition coefficient (Wildman–Crippen LogP) is 2.53. The summed E-state index contributed by atoms with van der Waals surface area (Å²) in [5.74, 6) is 1.81. The molecule has 0 bridgehead atoms. The van der Waals surface area contributed by atoms with Crippen molar-refractivity contribution >= 4 is 29.1 Å². The van der Waals surface area contributed by atoms with Gasteiger partial charge in [0.05, 0.1) is 5.56 Å². The molecule has 5 rings (SSSR count). The highest BCUT2D eigenvalue weighted by Crippen LogP contribution is 2.22. The van der Waals surface area contributed by atoms with Crippen LogP contribution in [-0.2, 0) is 0 Å². The van der Waals surface area contributed by atoms with Crippen LogP contribution in [0.3, 0.4) is 0 Å². The lowest BCUT2D eigenvalue weighted by Crippen LogP contribution is -2.43. The Bertz CT molecular complexity index is 1040. The van der Waals surface area contributed by atoms with Crippen molar-refractivity contribution in [1.29, 1.82) is 0 Å². The number of rotatable bonds is 5. The van der Waals surface area contributed by atoms with Gasteiger partial charge < -0.3 is 15.5 Å². The predicted molar refractivity (Wildman–Crippen MR) is 121 cm³/mol. The van der Waals surface area contributed by atoms with Crippen LogP contribution in [-0.4, -0.2) is 57.7 Å². The smallest absolute Gasteiger partial charge is 0.259 e. The van der Waals surface area contributed by atoms with E-state index in [1.54, 1.807) is 16.8 Å². The summed E-state index contributed by atoms with van der Waals surface area (Å²) in [6, 6.07) is 10.00. The molecule has 9 heteroatoms. The molecule has 31 heavy (non-hydrogen) atoms. The molecule has 1 aliphatic heterocycles. The third-order valence-electron chi connectivity index (χ3n) is 5.99. The Morgan fingerprint density at radius 1 is 1.06 bits per heavy atom. The number of hydrogen-bond acceptors (Lipinski definition) is 7. The maximum absolute atomic E-state index is 12.7. The van der Waals surface area contributed by atoms with E-state index in [1.807, 2.05) is 24.3 Å². The Balaban J connectivity index is 1.28. The molecule has 0 spiro atoms. The van der Waals surface area contributed by atoms with Crippen molar-refractivity contribution in [3.05, 3.63) is 42.1 Å². The zero-order valence-electron chi connectivity index (χ0n) is 17.5. The molecule has 0 aromatic carbocycles. The number of nitrogens with one attached hydrogen (secondary N) is 3. The molecule has 1 saturated carbocycles. The number of hydrogen-bond donors (Lipinski definition) is 3. The molecule has 3 aromatic heterocycles. The van der Waals surface area contributed by atoms with Crippen LogP contribution in [0, 0.1) is 0 Å². The summed E-state index contributed by atoms with van der Waals surface area (Å²) in [6.07, 6.45) is 7.78. The summed E-state index contributed by atoms with van der Waals surface area (Å²) < 4.78 is 1.76. The fraction of sp³-hybridized carbons (Fsp3) is 0.455. The maximum Gasteiger partial charge on any atom is 0.259 e. The Kier molecular flexibility index (Phi) is 5.66. The number of anilines is 3. The van der Waals surface area contributed by atoms with Gasteiger partial charge in [0, 0.05) is 38.4 Å². The number of aromatic nitrogens is 4. The second-order valence-electron chi connectivity index (χ2n) is 8.19. The van der Waals surface area contributed by atoms with Crippen LogP contribution in [0.2, 0.25) is 0 Å². The second-order valence-corrected chi connectivity index (χ2v) is 8.19. The van der Waals surface area contributed by atoms with E-state index in [0.717, 1.165) is 37.8 Å². The van der Waals surface area contributed by atoms with Crippen LogP contribution in [0.4, 0.5) is 17.6 Å². The second kappa shape index (κ2) is 8.89. The van der Waals surface area contributed by atoms with Crippen molar-refractivity contribution in [3.63, 3.8) is 0 Å². The molecule has 9 nitrogen and oxygen atoms in total. The highest BCUT2D eigenvalue weighted by Gasteiger charge is 2.17. The summed E-state index contributed by atoms with van der Waals surface area (Å²) in [5, 5.41) is 14.2. The molecule has 2 fully saturated rings. The average Bonchev–Trinajstić information content (AvgIpc) is 3.24. The number of pyridine rings is 2. The number of carbonyl (C=O) groups is 1. The van der Waals surface area contributed by atoms with Crippen molar-refractivity contribution in [3.8, 4) is 0 Å². The minimum atomic E-state index is -0.267. The van der Waals surface area contributed by atoms with Gasteiger partial charge in [0.1, 0.15) is 11.6 Å². The lowest BCUT2D eigenvalue weighted by Gasteiger charge is -2.28. The van der Waals surface area contributed by atoms with Gasteiger partial charge >= 0.3 is 0 Å². The van der Waals surface area contributed by atoms with Crippen molar-refractivity contribution in [2.24, 2.45) is 0 Å². The van der Waals surface area contributed by atoms with E-state index in [-0.39, 0.29) is 11.9 Å². The van der Waals surface area contributed by atoms with Crippen LogP contribution in [0.5, 0.6) is 0 Å².